The number of fused-ring (bicyclic) bond motifs is 2. The first-order valence-corrected chi connectivity index (χ1v) is 14.3. The number of aliphatic hydroxyl groups excluding tert-OH is 4. The van der Waals surface area contributed by atoms with Crippen molar-refractivity contribution in [3.63, 3.8) is 0 Å². The lowest BCUT2D eigenvalue weighted by Crippen LogP contribution is -2.36. The van der Waals surface area contributed by atoms with Crippen molar-refractivity contribution < 1.29 is 43.9 Å². The molecule has 17 nitrogen and oxygen atoms in total. The summed E-state index contributed by atoms with van der Waals surface area (Å²) in [5.41, 5.74) is 4.50. The highest BCUT2D eigenvalue weighted by molar-refractivity contribution is 7.53. The molecule has 9 atom stereocenters. The largest absolute Gasteiger partial charge is 0.396 e. The molecule has 1 unspecified atom stereocenters. The SMILES string of the molecule is Nc1ncnc2c1ccn2[C@@H]1O[C@H](COP(=O)(O)[C@@H]2[C@H](O)[C@@H](CCO)O[C@H]2n2cnc3c(=O)[nH]ccc32)[C@@H](O)[C@H]1O. The maximum Gasteiger partial charge on any atom is 0.338 e. The zero-order valence-corrected chi connectivity index (χ0v) is 22.1. The molecule has 0 aliphatic carbocycles. The van der Waals surface area contributed by atoms with Gasteiger partial charge in [-0.15, -0.1) is 0 Å². The lowest BCUT2D eigenvalue weighted by atomic mass is 10.1. The Kier molecular flexibility index (Phi) is 7.17. The third-order valence-corrected chi connectivity index (χ3v) is 9.31. The number of aromatic amines is 1. The quantitative estimate of drug-likeness (QED) is 0.116. The molecule has 2 aliphatic rings. The number of aromatic nitrogens is 6. The van der Waals surface area contributed by atoms with Gasteiger partial charge >= 0.3 is 7.60 Å². The van der Waals surface area contributed by atoms with Crippen LogP contribution in [-0.2, 0) is 18.6 Å². The fourth-order valence-corrected chi connectivity index (χ4v) is 7.06. The number of H-pyrrole nitrogens is 1. The van der Waals surface area contributed by atoms with E-state index in [1.807, 2.05) is 0 Å². The van der Waals surface area contributed by atoms with Crippen molar-refractivity contribution in [2.45, 2.75) is 55.1 Å². The van der Waals surface area contributed by atoms with Crippen LogP contribution in [0.4, 0.5) is 5.82 Å². The number of rotatable bonds is 8. The van der Waals surface area contributed by atoms with Crippen molar-refractivity contribution in [2.24, 2.45) is 0 Å². The summed E-state index contributed by atoms with van der Waals surface area (Å²) < 4.78 is 33.5. The van der Waals surface area contributed by atoms with E-state index in [0.717, 1.165) is 0 Å². The summed E-state index contributed by atoms with van der Waals surface area (Å²) in [5.74, 6) is 0.213. The first kappa shape index (κ1) is 27.9. The van der Waals surface area contributed by atoms with E-state index in [4.69, 9.17) is 19.7 Å². The molecule has 2 aliphatic heterocycles. The van der Waals surface area contributed by atoms with Crippen LogP contribution in [-0.4, -0.2) is 104 Å². The van der Waals surface area contributed by atoms with Crippen LogP contribution in [0.3, 0.4) is 0 Å². The van der Waals surface area contributed by atoms with E-state index in [0.29, 0.717) is 11.0 Å². The van der Waals surface area contributed by atoms with Crippen LogP contribution in [0.1, 0.15) is 18.9 Å². The maximum atomic E-state index is 13.6. The smallest absolute Gasteiger partial charge is 0.338 e. The molecule has 0 bridgehead atoms. The van der Waals surface area contributed by atoms with Crippen molar-refractivity contribution >= 4 is 35.5 Å². The van der Waals surface area contributed by atoms with Crippen molar-refractivity contribution in [1.29, 1.82) is 0 Å². The molecule has 18 heteroatoms. The second kappa shape index (κ2) is 10.5. The molecule has 0 spiro atoms. The van der Waals surface area contributed by atoms with Crippen LogP contribution in [0.5, 0.6) is 0 Å². The highest BCUT2D eigenvalue weighted by atomic mass is 31.2. The molecule has 220 valence electrons. The van der Waals surface area contributed by atoms with Crippen LogP contribution in [0, 0.1) is 0 Å². The first-order valence-electron chi connectivity index (χ1n) is 12.7. The van der Waals surface area contributed by atoms with Gasteiger partial charge in [0.2, 0.25) is 0 Å². The maximum absolute atomic E-state index is 13.6. The summed E-state index contributed by atoms with van der Waals surface area (Å²) >= 11 is 0. The molecule has 0 amide bonds. The Labute approximate surface area is 230 Å². The monoisotopic (exact) mass is 593 g/mol. The topological polar surface area (TPSA) is 253 Å². The second-order valence-corrected chi connectivity index (χ2v) is 11.9. The Morgan fingerprint density at radius 3 is 2.61 bits per heavy atom. The van der Waals surface area contributed by atoms with Crippen LogP contribution >= 0.6 is 7.60 Å². The molecule has 4 aromatic rings. The fourth-order valence-electron chi connectivity index (χ4n) is 5.42. The van der Waals surface area contributed by atoms with Gasteiger partial charge in [-0.1, -0.05) is 0 Å². The van der Waals surface area contributed by atoms with Crippen LogP contribution < -0.4 is 11.3 Å². The number of hydrogen-bond donors (Lipinski definition) is 7. The number of nitrogens with two attached hydrogens (primary N) is 1. The Bertz CT molecular complexity index is 1680. The zero-order valence-electron chi connectivity index (χ0n) is 21.2. The second-order valence-electron chi connectivity index (χ2n) is 9.88. The van der Waals surface area contributed by atoms with Crippen molar-refractivity contribution in [3.05, 3.63) is 47.5 Å². The Morgan fingerprint density at radius 2 is 1.83 bits per heavy atom. The van der Waals surface area contributed by atoms with Gasteiger partial charge in [-0.05, 0) is 18.6 Å². The Hall–Kier alpha value is -3.25. The van der Waals surface area contributed by atoms with E-state index in [9.17, 15) is 34.7 Å². The van der Waals surface area contributed by atoms with E-state index in [2.05, 4.69) is 19.9 Å². The lowest BCUT2D eigenvalue weighted by molar-refractivity contribution is -0.0490. The molecule has 41 heavy (non-hydrogen) atoms. The predicted octanol–water partition coefficient (Wildman–Crippen LogP) is -1.42. The van der Waals surface area contributed by atoms with Gasteiger partial charge in [-0.2, -0.15) is 0 Å². The average molecular weight is 593 g/mol. The lowest BCUT2D eigenvalue weighted by Gasteiger charge is -2.27. The van der Waals surface area contributed by atoms with Crippen molar-refractivity contribution in [1.82, 2.24) is 29.1 Å². The molecule has 2 saturated heterocycles. The molecule has 0 saturated carbocycles. The van der Waals surface area contributed by atoms with Crippen LogP contribution in [0.15, 0.2) is 42.0 Å². The normalized spacial score (nSPS) is 31.7. The molecular formula is C23H28N7O10P. The van der Waals surface area contributed by atoms with Crippen molar-refractivity contribution in [3.8, 4) is 0 Å². The summed E-state index contributed by atoms with van der Waals surface area (Å²) in [4.78, 5) is 37.9. The van der Waals surface area contributed by atoms with Gasteiger partial charge in [-0.3, -0.25) is 9.36 Å². The summed E-state index contributed by atoms with van der Waals surface area (Å²) in [7, 11) is -4.78. The number of nitrogens with one attached hydrogen (secondary N) is 1. The van der Waals surface area contributed by atoms with Gasteiger partial charge in [0.1, 0.15) is 41.8 Å². The molecule has 8 N–H and O–H groups in total. The third-order valence-electron chi connectivity index (χ3n) is 7.48. The molecule has 4 aromatic heterocycles. The fraction of sp³-hybridized carbons (Fsp3) is 0.478. The Morgan fingerprint density at radius 1 is 1.05 bits per heavy atom. The zero-order chi connectivity index (χ0) is 29.1. The van der Waals surface area contributed by atoms with E-state index in [-0.39, 0.29) is 29.9 Å². The standard InChI is InChI=1S/C23H28N7O10P/c24-19-10-2-5-29(20(10)27-8-26-19)22-17(34)15(32)13(40-22)7-38-41(36,37)18-16(33)12(3-6-31)39-23(18)30-9-28-14-11(30)1-4-25-21(14)35/h1-2,4-5,8-9,12-13,15-18,22-23,31-34H,3,6-7H2,(H,25,35)(H,36,37)(H2,24,26,27)/t12-,13-,15-,16-,17-,18-,22-,23-/m1/s1. The molecule has 2 fully saturated rings. The van der Waals surface area contributed by atoms with E-state index in [1.54, 1.807) is 12.3 Å². The van der Waals surface area contributed by atoms with Gasteiger partial charge in [0.25, 0.3) is 5.56 Å². The minimum absolute atomic E-state index is 0.0431. The number of pyridine rings is 1. The Balaban J connectivity index is 1.24. The van der Waals surface area contributed by atoms with E-state index < -0.39 is 68.4 Å². The number of nitrogen functional groups attached to an aromatic ring is 1. The summed E-state index contributed by atoms with van der Waals surface area (Å²) in [6, 6.07) is 3.14. The molecular weight excluding hydrogens is 565 g/mol. The minimum atomic E-state index is -4.78. The van der Waals surface area contributed by atoms with Gasteiger partial charge in [0.15, 0.2) is 18.0 Å². The highest BCUT2D eigenvalue weighted by Gasteiger charge is 2.55. The van der Waals surface area contributed by atoms with Gasteiger partial charge in [0.05, 0.1) is 36.0 Å². The first-order chi connectivity index (χ1) is 19.6. The number of hydrogen-bond acceptors (Lipinski definition) is 13. The summed E-state index contributed by atoms with van der Waals surface area (Å²) in [5, 5.41) is 42.3. The number of anilines is 1. The average Bonchev–Trinajstić information content (AvgIpc) is 3.70. The highest BCUT2D eigenvalue weighted by Crippen LogP contribution is 2.58. The number of imidazole rings is 1. The third kappa shape index (κ3) is 4.64. The number of aliphatic hydroxyl groups is 4. The van der Waals surface area contributed by atoms with E-state index in [1.165, 1.54) is 34.1 Å². The molecule has 6 rings (SSSR count). The van der Waals surface area contributed by atoms with E-state index >= 15 is 0 Å². The van der Waals surface area contributed by atoms with Gasteiger partial charge < -0.3 is 59.2 Å². The minimum Gasteiger partial charge on any atom is -0.396 e. The molecule has 0 aromatic carbocycles. The number of ether oxygens (including phenoxy) is 2. The molecule has 6 heterocycles. The van der Waals surface area contributed by atoms with Gasteiger partial charge in [-0.25, -0.2) is 15.0 Å². The van der Waals surface area contributed by atoms with Gasteiger partial charge in [0, 0.05) is 19.0 Å². The summed E-state index contributed by atoms with van der Waals surface area (Å²) in [6.45, 7) is -1.00. The van der Waals surface area contributed by atoms with Crippen LogP contribution in [0.25, 0.3) is 22.1 Å². The number of nitrogens with zero attached hydrogens (tertiary/aromatic N) is 5. The van der Waals surface area contributed by atoms with Crippen molar-refractivity contribution in [2.75, 3.05) is 18.9 Å². The summed E-state index contributed by atoms with van der Waals surface area (Å²) in [6.07, 6.45) is -3.85. The van der Waals surface area contributed by atoms with Crippen LogP contribution in [0.2, 0.25) is 0 Å². The predicted molar refractivity (Wildman–Crippen MR) is 139 cm³/mol. The molecule has 0 radical (unpaired) electrons.